The number of thioether (sulfide) groups is 1. The number of hydrogen-bond acceptors (Lipinski definition) is 7. The van der Waals surface area contributed by atoms with Gasteiger partial charge in [0.15, 0.2) is 11.5 Å². The number of carbonyl (C=O) groups is 1. The summed E-state index contributed by atoms with van der Waals surface area (Å²) in [4.78, 5) is 12.4. The van der Waals surface area contributed by atoms with Gasteiger partial charge in [0.2, 0.25) is 11.8 Å². The Hall–Kier alpha value is -2.71. The monoisotopic (exact) mass is 461 g/mol. The van der Waals surface area contributed by atoms with E-state index in [1.54, 1.807) is 24.3 Å². The number of amides is 1. The number of carbonyl (C=O) groups excluding carboxylic acids is 1. The molecule has 0 saturated heterocycles. The highest BCUT2D eigenvalue weighted by Crippen LogP contribution is 2.31. The van der Waals surface area contributed by atoms with Crippen LogP contribution in [0, 0.1) is 0 Å². The fourth-order valence-corrected chi connectivity index (χ4v) is 3.51. The molecule has 0 aliphatic rings. The summed E-state index contributed by atoms with van der Waals surface area (Å²) in [6, 6.07) is 12.6. The van der Waals surface area contributed by atoms with E-state index in [1.165, 1.54) is 11.8 Å². The van der Waals surface area contributed by atoms with Crippen molar-refractivity contribution in [3.05, 3.63) is 53.1 Å². The number of nitrogens with one attached hydrogen (secondary N) is 1. The smallest absolute Gasteiger partial charge is 0.277 e. The summed E-state index contributed by atoms with van der Waals surface area (Å²) in [7, 11) is 0. The normalized spacial score (nSPS) is 11.7. The van der Waals surface area contributed by atoms with Crippen LogP contribution in [0.4, 0.5) is 0 Å². The van der Waals surface area contributed by atoms with Crippen molar-refractivity contribution in [2.75, 3.05) is 19.0 Å². The first-order valence-electron chi connectivity index (χ1n) is 9.91. The van der Waals surface area contributed by atoms with Crippen molar-refractivity contribution < 1.29 is 18.7 Å². The van der Waals surface area contributed by atoms with Crippen molar-refractivity contribution in [3.63, 3.8) is 0 Å². The fraction of sp³-hybridized carbons (Fsp3) is 0.318. The van der Waals surface area contributed by atoms with Gasteiger partial charge in [0.1, 0.15) is 0 Å². The topological polar surface area (TPSA) is 86.5 Å². The lowest BCUT2D eigenvalue weighted by molar-refractivity contribution is -0.119. The second-order valence-corrected chi connectivity index (χ2v) is 7.89. The predicted octanol–water partition coefficient (Wildman–Crippen LogP) is 5.16. The summed E-state index contributed by atoms with van der Waals surface area (Å²) in [5.41, 5.74) is 1.69. The van der Waals surface area contributed by atoms with Gasteiger partial charge in [-0.2, -0.15) is 0 Å². The maximum absolute atomic E-state index is 12.4. The maximum Gasteiger partial charge on any atom is 0.277 e. The molecule has 3 rings (SSSR count). The van der Waals surface area contributed by atoms with E-state index in [4.69, 9.17) is 25.5 Å². The lowest BCUT2D eigenvalue weighted by Crippen LogP contribution is -2.28. The van der Waals surface area contributed by atoms with Gasteiger partial charge in [-0.25, -0.2) is 0 Å². The molecule has 164 valence electrons. The Morgan fingerprint density at radius 1 is 1.10 bits per heavy atom. The Balaban J connectivity index is 1.56. The van der Waals surface area contributed by atoms with E-state index >= 15 is 0 Å². The summed E-state index contributed by atoms with van der Waals surface area (Å²) in [5, 5.41) is 11.9. The van der Waals surface area contributed by atoms with E-state index < -0.39 is 0 Å². The number of aromatic nitrogens is 2. The van der Waals surface area contributed by atoms with Crippen LogP contribution in [0.3, 0.4) is 0 Å². The zero-order valence-corrected chi connectivity index (χ0v) is 19.1. The van der Waals surface area contributed by atoms with Gasteiger partial charge in [0.05, 0.1) is 25.0 Å². The first-order chi connectivity index (χ1) is 15.0. The van der Waals surface area contributed by atoms with Crippen LogP contribution in [0.1, 0.15) is 32.4 Å². The molecule has 9 heteroatoms. The van der Waals surface area contributed by atoms with Crippen LogP contribution < -0.4 is 14.8 Å². The molecule has 0 spiro atoms. The van der Waals surface area contributed by atoms with Gasteiger partial charge in [0, 0.05) is 10.6 Å². The van der Waals surface area contributed by atoms with E-state index in [-0.39, 0.29) is 17.7 Å². The number of hydrogen-bond donors (Lipinski definition) is 1. The minimum atomic E-state index is -0.199. The largest absolute Gasteiger partial charge is 0.490 e. The van der Waals surface area contributed by atoms with E-state index in [0.717, 1.165) is 11.1 Å². The molecular formula is C22H24ClN3O4S. The van der Waals surface area contributed by atoms with Crippen LogP contribution in [0.25, 0.3) is 11.5 Å². The summed E-state index contributed by atoms with van der Waals surface area (Å²) in [6.07, 6.45) is 0. The summed E-state index contributed by atoms with van der Waals surface area (Å²) < 4.78 is 16.9. The van der Waals surface area contributed by atoms with Gasteiger partial charge in [-0.3, -0.25) is 4.79 Å². The number of ether oxygens (including phenoxy) is 2. The van der Waals surface area contributed by atoms with E-state index in [9.17, 15) is 4.79 Å². The molecule has 1 heterocycles. The average Bonchev–Trinajstić information content (AvgIpc) is 3.23. The Labute approximate surface area is 190 Å². The standard InChI is InChI=1S/C22H24ClN3O4S/c1-4-28-18-11-8-16(12-19(18)29-5-2)14(3)24-20(27)13-31-22-26-25-21(30-22)15-6-9-17(23)10-7-15/h6-12,14H,4-5,13H2,1-3H3,(H,24,27). The van der Waals surface area contributed by atoms with Gasteiger partial charge in [-0.05, 0) is 62.7 Å². The molecule has 2 aromatic carbocycles. The van der Waals surface area contributed by atoms with Crippen LogP contribution in [0.2, 0.25) is 5.02 Å². The van der Waals surface area contributed by atoms with E-state index in [0.29, 0.717) is 40.8 Å². The molecule has 7 nitrogen and oxygen atoms in total. The fourth-order valence-electron chi connectivity index (χ4n) is 2.81. The molecule has 1 aromatic heterocycles. The van der Waals surface area contributed by atoms with Crippen molar-refractivity contribution in [2.24, 2.45) is 0 Å². The summed E-state index contributed by atoms with van der Waals surface area (Å²) >= 11 is 7.07. The highest BCUT2D eigenvalue weighted by atomic mass is 35.5. The SMILES string of the molecule is CCOc1ccc(C(C)NC(=O)CSc2nnc(-c3ccc(Cl)cc3)o2)cc1OCC. The lowest BCUT2D eigenvalue weighted by atomic mass is 10.1. The first-order valence-corrected chi connectivity index (χ1v) is 11.3. The number of rotatable bonds is 10. The Kier molecular flexibility index (Phi) is 8.20. The molecule has 1 atom stereocenters. The van der Waals surface area contributed by atoms with Crippen molar-refractivity contribution in [1.29, 1.82) is 0 Å². The van der Waals surface area contributed by atoms with Gasteiger partial charge < -0.3 is 19.2 Å². The molecule has 0 saturated carbocycles. The van der Waals surface area contributed by atoms with E-state index in [1.807, 2.05) is 39.0 Å². The molecule has 0 aliphatic heterocycles. The summed E-state index contributed by atoms with van der Waals surface area (Å²) in [5.74, 6) is 1.75. The molecule has 1 N–H and O–H groups in total. The second-order valence-electron chi connectivity index (χ2n) is 6.53. The van der Waals surface area contributed by atoms with Crippen LogP contribution in [0.5, 0.6) is 11.5 Å². The second kappa shape index (κ2) is 11.1. The molecule has 1 unspecified atom stereocenters. The maximum atomic E-state index is 12.4. The molecule has 0 radical (unpaired) electrons. The molecular weight excluding hydrogens is 438 g/mol. The van der Waals surface area contributed by atoms with E-state index in [2.05, 4.69) is 15.5 Å². The van der Waals surface area contributed by atoms with Crippen LogP contribution in [-0.2, 0) is 4.79 Å². The third kappa shape index (κ3) is 6.38. The van der Waals surface area contributed by atoms with Gasteiger partial charge in [-0.1, -0.05) is 29.4 Å². The third-order valence-corrected chi connectivity index (χ3v) is 5.34. The Bertz CT molecular complexity index is 1010. The summed E-state index contributed by atoms with van der Waals surface area (Å²) in [6.45, 7) is 6.84. The zero-order chi connectivity index (χ0) is 22.2. The molecule has 0 aliphatic carbocycles. The first kappa shape index (κ1) is 23.0. The van der Waals surface area contributed by atoms with Crippen LogP contribution in [-0.4, -0.2) is 35.1 Å². The third-order valence-electron chi connectivity index (χ3n) is 4.27. The molecule has 1 amide bonds. The van der Waals surface area contributed by atoms with Gasteiger partial charge in [0.25, 0.3) is 5.22 Å². The minimum Gasteiger partial charge on any atom is -0.490 e. The molecule has 31 heavy (non-hydrogen) atoms. The molecule has 3 aromatic rings. The highest BCUT2D eigenvalue weighted by molar-refractivity contribution is 7.99. The predicted molar refractivity (Wildman–Crippen MR) is 121 cm³/mol. The Morgan fingerprint density at radius 2 is 1.81 bits per heavy atom. The number of nitrogens with zero attached hydrogens (tertiary/aromatic N) is 2. The van der Waals surface area contributed by atoms with Gasteiger partial charge in [-0.15, -0.1) is 10.2 Å². The van der Waals surface area contributed by atoms with Crippen molar-refractivity contribution in [1.82, 2.24) is 15.5 Å². The van der Waals surface area contributed by atoms with Crippen molar-refractivity contribution in [3.8, 4) is 23.0 Å². The quantitative estimate of drug-likeness (QED) is 0.417. The van der Waals surface area contributed by atoms with Gasteiger partial charge >= 0.3 is 0 Å². The average molecular weight is 462 g/mol. The molecule has 0 bridgehead atoms. The zero-order valence-electron chi connectivity index (χ0n) is 17.6. The molecule has 0 fully saturated rings. The lowest BCUT2D eigenvalue weighted by Gasteiger charge is -2.17. The Morgan fingerprint density at radius 3 is 2.52 bits per heavy atom. The van der Waals surface area contributed by atoms with Crippen LogP contribution >= 0.6 is 23.4 Å². The number of halogens is 1. The highest BCUT2D eigenvalue weighted by Gasteiger charge is 2.15. The van der Waals surface area contributed by atoms with Crippen LogP contribution in [0.15, 0.2) is 52.1 Å². The minimum absolute atomic E-state index is 0.143. The number of benzene rings is 2. The van der Waals surface area contributed by atoms with Crippen molar-refractivity contribution >= 4 is 29.3 Å². The van der Waals surface area contributed by atoms with Crippen molar-refractivity contribution in [2.45, 2.75) is 32.0 Å².